The molecule has 2 heterocycles. The van der Waals surface area contributed by atoms with Gasteiger partial charge in [-0.1, -0.05) is 11.8 Å². The molecule has 1 aliphatic carbocycles. The molecule has 0 radical (unpaired) electrons. The largest absolute Gasteiger partial charge is 0.384 e. The molecule has 1 aromatic rings. The van der Waals surface area contributed by atoms with Gasteiger partial charge in [0, 0.05) is 18.4 Å². The maximum absolute atomic E-state index is 9.66. The highest BCUT2D eigenvalue weighted by Crippen LogP contribution is 2.34. The first-order valence-electron chi connectivity index (χ1n) is 8.23. The molecule has 3 rings (SSSR count). The number of nitrogens with one attached hydrogen (secondary N) is 1. The van der Waals surface area contributed by atoms with Crippen LogP contribution in [0.25, 0.3) is 0 Å². The number of rotatable bonds is 5. The lowest BCUT2D eigenvalue weighted by Crippen LogP contribution is -2.31. The van der Waals surface area contributed by atoms with E-state index in [1.54, 1.807) is 18.9 Å². The molecule has 4 nitrogen and oxygen atoms in total. The third kappa shape index (κ3) is 3.09. The van der Waals surface area contributed by atoms with Gasteiger partial charge < -0.3 is 4.74 Å². The van der Waals surface area contributed by atoms with Crippen LogP contribution in [0.2, 0.25) is 0 Å². The first-order valence-corrected chi connectivity index (χ1v) is 9.21. The maximum Gasteiger partial charge on any atom is 0.278 e. The number of ether oxygens (including phenoxy) is 1. The van der Waals surface area contributed by atoms with E-state index >= 15 is 0 Å². The Labute approximate surface area is 136 Å². The Balaban J connectivity index is 2.01. The quantitative estimate of drug-likeness (QED) is 0.618. The van der Waals surface area contributed by atoms with Gasteiger partial charge in [0.1, 0.15) is 11.6 Å². The van der Waals surface area contributed by atoms with Crippen LogP contribution in [-0.4, -0.2) is 32.6 Å². The van der Waals surface area contributed by atoms with E-state index in [2.05, 4.69) is 16.0 Å². The zero-order valence-electron chi connectivity index (χ0n) is 13.3. The predicted molar refractivity (Wildman–Crippen MR) is 88.4 cm³/mol. The first-order chi connectivity index (χ1) is 10.8. The maximum atomic E-state index is 9.66. The fourth-order valence-corrected chi connectivity index (χ4v) is 4.43. The number of hydrogen-bond acceptors (Lipinski definition) is 4. The molecular weight excluding hydrogens is 294 g/mol. The van der Waals surface area contributed by atoms with Crippen molar-refractivity contribution in [1.82, 2.24) is 0 Å². The molecule has 22 heavy (non-hydrogen) atoms. The molecule has 118 valence electrons. The number of nitrogens with zero attached hydrogens (tertiary/aromatic N) is 2. The molecule has 5 heteroatoms. The second-order valence-electron chi connectivity index (χ2n) is 5.99. The van der Waals surface area contributed by atoms with Crippen molar-refractivity contribution in [3.05, 3.63) is 16.7 Å². The Hall–Kier alpha value is -1.25. The number of thioether (sulfide) groups is 1. The van der Waals surface area contributed by atoms with E-state index in [9.17, 15) is 5.26 Å². The van der Waals surface area contributed by atoms with Crippen LogP contribution in [0.15, 0.2) is 5.03 Å². The molecule has 1 N–H and O–H groups in total. The second kappa shape index (κ2) is 7.34. The summed E-state index contributed by atoms with van der Waals surface area (Å²) in [4.78, 5) is 6.08. The Bertz CT molecular complexity index is 576. The van der Waals surface area contributed by atoms with E-state index in [4.69, 9.17) is 4.74 Å². The SMILES string of the molecule is COCCSc1[nH+]c(N2CCCC2)c2c(c1C#N)CCCC2. The first kappa shape index (κ1) is 15.6. The van der Waals surface area contributed by atoms with Crippen LogP contribution in [0.3, 0.4) is 0 Å². The van der Waals surface area contributed by atoms with E-state index in [1.807, 2.05) is 0 Å². The standard InChI is InChI=1S/C17H23N3OS/c1-21-10-11-22-17-15(12-18)13-6-2-3-7-14(13)16(19-17)20-8-4-5-9-20/h2-11H2,1H3/p+1. The fourth-order valence-electron chi connectivity index (χ4n) is 3.49. The Morgan fingerprint density at radius 2 is 1.91 bits per heavy atom. The molecule has 1 aliphatic heterocycles. The van der Waals surface area contributed by atoms with Crippen molar-refractivity contribution in [3.8, 4) is 6.07 Å². The molecular formula is C17H24N3OS+. The minimum Gasteiger partial charge on any atom is -0.384 e. The molecule has 0 bridgehead atoms. The molecule has 1 aromatic heterocycles. The molecule has 0 unspecified atom stereocenters. The summed E-state index contributed by atoms with van der Waals surface area (Å²) in [7, 11) is 1.72. The number of pyridine rings is 1. The van der Waals surface area contributed by atoms with Gasteiger partial charge in [-0.15, -0.1) is 0 Å². The fraction of sp³-hybridized carbons (Fsp3) is 0.647. The van der Waals surface area contributed by atoms with Crippen LogP contribution in [-0.2, 0) is 17.6 Å². The molecule has 0 amide bonds. The highest BCUT2D eigenvalue weighted by molar-refractivity contribution is 7.99. The van der Waals surface area contributed by atoms with Crippen molar-refractivity contribution in [2.24, 2.45) is 0 Å². The van der Waals surface area contributed by atoms with Crippen molar-refractivity contribution in [1.29, 1.82) is 5.26 Å². The van der Waals surface area contributed by atoms with Gasteiger partial charge in [-0.2, -0.15) is 5.26 Å². The van der Waals surface area contributed by atoms with E-state index in [1.165, 1.54) is 42.6 Å². The zero-order valence-corrected chi connectivity index (χ0v) is 14.1. The Kier molecular flexibility index (Phi) is 5.22. The van der Waals surface area contributed by atoms with E-state index in [0.29, 0.717) is 6.61 Å². The molecule has 1 fully saturated rings. The summed E-state index contributed by atoms with van der Waals surface area (Å²) in [5.74, 6) is 2.16. The number of H-pyrrole nitrogens is 1. The summed E-state index contributed by atoms with van der Waals surface area (Å²) in [6, 6.07) is 2.46. The average molecular weight is 318 g/mol. The van der Waals surface area contributed by atoms with E-state index in [0.717, 1.165) is 42.3 Å². The third-order valence-electron chi connectivity index (χ3n) is 4.58. The zero-order chi connectivity index (χ0) is 15.4. The van der Waals surface area contributed by atoms with Gasteiger partial charge in [-0.3, -0.25) is 4.90 Å². The molecule has 1 saturated heterocycles. The number of methoxy groups -OCH3 is 1. The van der Waals surface area contributed by atoms with Crippen molar-refractivity contribution < 1.29 is 9.72 Å². The van der Waals surface area contributed by atoms with Crippen LogP contribution >= 0.6 is 11.8 Å². The molecule has 0 spiro atoms. The van der Waals surface area contributed by atoms with Gasteiger partial charge in [0.05, 0.1) is 19.7 Å². The van der Waals surface area contributed by atoms with Crippen molar-refractivity contribution in [3.63, 3.8) is 0 Å². The lowest BCUT2D eigenvalue weighted by Gasteiger charge is -2.22. The van der Waals surface area contributed by atoms with Crippen molar-refractivity contribution in [2.75, 3.05) is 37.5 Å². The molecule has 0 aromatic carbocycles. The van der Waals surface area contributed by atoms with Crippen LogP contribution < -0.4 is 9.88 Å². The van der Waals surface area contributed by atoms with Gasteiger partial charge in [-0.05, 0) is 44.1 Å². The minimum atomic E-state index is 0.708. The van der Waals surface area contributed by atoms with Gasteiger partial charge in [0.15, 0.2) is 5.03 Å². The second-order valence-corrected chi connectivity index (χ2v) is 7.09. The monoisotopic (exact) mass is 318 g/mol. The van der Waals surface area contributed by atoms with Crippen LogP contribution in [0.4, 0.5) is 5.82 Å². The number of aromatic amines is 1. The van der Waals surface area contributed by atoms with Crippen LogP contribution in [0, 0.1) is 11.3 Å². The van der Waals surface area contributed by atoms with Crippen molar-refractivity contribution in [2.45, 2.75) is 43.6 Å². The summed E-state index contributed by atoms with van der Waals surface area (Å²) in [5.41, 5.74) is 3.58. The van der Waals surface area contributed by atoms with E-state index in [-0.39, 0.29) is 0 Å². The summed E-state index contributed by atoms with van der Waals surface area (Å²) in [6.45, 7) is 2.98. The number of nitriles is 1. The highest BCUT2D eigenvalue weighted by Gasteiger charge is 2.31. The van der Waals surface area contributed by atoms with Gasteiger partial charge >= 0.3 is 0 Å². The lowest BCUT2D eigenvalue weighted by molar-refractivity contribution is -0.414. The smallest absolute Gasteiger partial charge is 0.278 e. The topological polar surface area (TPSA) is 50.4 Å². The van der Waals surface area contributed by atoms with Crippen molar-refractivity contribution >= 4 is 17.6 Å². The number of hydrogen-bond donors (Lipinski definition) is 0. The summed E-state index contributed by atoms with van der Waals surface area (Å²) >= 11 is 1.71. The van der Waals surface area contributed by atoms with Crippen LogP contribution in [0.5, 0.6) is 0 Å². The minimum absolute atomic E-state index is 0.708. The van der Waals surface area contributed by atoms with Gasteiger partial charge in [-0.25, -0.2) is 4.98 Å². The third-order valence-corrected chi connectivity index (χ3v) is 5.55. The lowest BCUT2D eigenvalue weighted by atomic mass is 9.89. The average Bonchev–Trinajstić information content (AvgIpc) is 3.08. The molecule has 2 aliphatic rings. The summed E-state index contributed by atoms with van der Waals surface area (Å²) in [6.07, 6.45) is 7.14. The predicted octanol–water partition coefficient (Wildman–Crippen LogP) is 2.59. The molecule has 0 atom stereocenters. The van der Waals surface area contributed by atoms with E-state index < -0.39 is 0 Å². The normalized spacial score (nSPS) is 17.4. The Morgan fingerprint density at radius 1 is 1.18 bits per heavy atom. The van der Waals surface area contributed by atoms with Gasteiger partial charge in [0.2, 0.25) is 0 Å². The number of anilines is 1. The summed E-state index contributed by atoms with van der Waals surface area (Å²) in [5, 5.41) is 10.7. The highest BCUT2D eigenvalue weighted by atomic mass is 32.2. The molecule has 0 saturated carbocycles. The van der Waals surface area contributed by atoms with Gasteiger partial charge in [0.25, 0.3) is 5.82 Å². The number of aromatic nitrogens is 1. The number of fused-ring (bicyclic) bond motifs is 1. The summed E-state index contributed by atoms with van der Waals surface area (Å²) < 4.78 is 5.15. The Morgan fingerprint density at radius 3 is 2.59 bits per heavy atom. The van der Waals surface area contributed by atoms with Crippen LogP contribution in [0.1, 0.15) is 42.4 Å².